The lowest BCUT2D eigenvalue weighted by Gasteiger charge is -2.07. The van der Waals surface area contributed by atoms with Crippen molar-refractivity contribution in [3.8, 4) is 11.5 Å². The minimum absolute atomic E-state index is 0.420. The van der Waals surface area contributed by atoms with E-state index in [4.69, 9.17) is 15.2 Å². The lowest BCUT2D eigenvalue weighted by Crippen LogP contribution is -1.97. The maximum atomic E-state index is 5.60. The van der Waals surface area contributed by atoms with Crippen LogP contribution in [0.4, 0.5) is 5.13 Å². The van der Waals surface area contributed by atoms with Gasteiger partial charge in [0.15, 0.2) is 5.13 Å². The summed E-state index contributed by atoms with van der Waals surface area (Å²) in [7, 11) is 0. The quantitative estimate of drug-likeness (QED) is 0.886. The predicted octanol–water partition coefficient (Wildman–Crippen LogP) is 2.70. The third-order valence-corrected chi connectivity index (χ3v) is 2.80. The van der Waals surface area contributed by atoms with Crippen LogP contribution in [0.25, 0.3) is 0 Å². The molecule has 2 rings (SSSR count). The van der Waals surface area contributed by atoms with Crippen molar-refractivity contribution in [3.05, 3.63) is 35.3 Å². The van der Waals surface area contributed by atoms with Crippen LogP contribution in [0, 0.1) is 0 Å². The molecule has 0 radical (unpaired) electrons. The van der Waals surface area contributed by atoms with Gasteiger partial charge in [0.25, 0.3) is 0 Å². The maximum Gasteiger partial charge on any atom is 0.180 e. The number of nitrogen functional groups attached to an aromatic ring is 1. The van der Waals surface area contributed by atoms with Crippen LogP contribution in [-0.2, 0) is 6.61 Å². The van der Waals surface area contributed by atoms with Crippen LogP contribution in [0.1, 0.15) is 12.6 Å². The third kappa shape index (κ3) is 3.35. The van der Waals surface area contributed by atoms with E-state index in [9.17, 15) is 0 Å². The van der Waals surface area contributed by atoms with Crippen molar-refractivity contribution in [1.82, 2.24) is 4.98 Å². The number of hydrogen-bond donors (Lipinski definition) is 1. The van der Waals surface area contributed by atoms with Crippen LogP contribution >= 0.6 is 11.3 Å². The molecule has 5 heteroatoms. The molecule has 0 amide bonds. The average Bonchev–Trinajstić information content (AvgIpc) is 2.74. The van der Waals surface area contributed by atoms with Gasteiger partial charge in [-0.05, 0) is 19.1 Å². The molecule has 1 heterocycles. The largest absolute Gasteiger partial charge is 0.494 e. The number of thiazole rings is 1. The Labute approximate surface area is 104 Å². The van der Waals surface area contributed by atoms with Gasteiger partial charge < -0.3 is 15.2 Å². The van der Waals surface area contributed by atoms with E-state index in [1.807, 2.05) is 36.6 Å². The van der Waals surface area contributed by atoms with Crippen molar-refractivity contribution in [2.45, 2.75) is 13.5 Å². The first-order valence-electron chi connectivity index (χ1n) is 5.33. The van der Waals surface area contributed by atoms with Crippen molar-refractivity contribution in [2.75, 3.05) is 12.3 Å². The molecule has 17 heavy (non-hydrogen) atoms. The summed E-state index contributed by atoms with van der Waals surface area (Å²) in [4.78, 5) is 4.12. The normalized spacial score (nSPS) is 10.2. The Morgan fingerprint density at radius 1 is 1.29 bits per heavy atom. The molecular formula is C12H14N2O2S. The van der Waals surface area contributed by atoms with Crippen LogP contribution in [0.3, 0.4) is 0 Å². The smallest absolute Gasteiger partial charge is 0.180 e. The molecule has 0 aliphatic heterocycles. The molecule has 0 saturated carbocycles. The number of rotatable bonds is 5. The summed E-state index contributed by atoms with van der Waals surface area (Å²) in [6.07, 6.45) is 0. The molecule has 0 aliphatic carbocycles. The Kier molecular flexibility index (Phi) is 3.82. The molecule has 4 nitrogen and oxygen atoms in total. The number of anilines is 1. The number of ether oxygens (including phenoxy) is 2. The van der Waals surface area contributed by atoms with Gasteiger partial charge in [-0.2, -0.15) is 0 Å². The van der Waals surface area contributed by atoms with Gasteiger partial charge in [0.2, 0.25) is 0 Å². The second-order valence-electron chi connectivity index (χ2n) is 3.37. The van der Waals surface area contributed by atoms with Gasteiger partial charge in [-0.15, -0.1) is 11.3 Å². The van der Waals surface area contributed by atoms with Gasteiger partial charge in [0, 0.05) is 11.4 Å². The summed E-state index contributed by atoms with van der Waals surface area (Å²) in [6, 6.07) is 7.55. The molecule has 0 saturated heterocycles. The third-order valence-electron chi connectivity index (χ3n) is 2.07. The van der Waals surface area contributed by atoms with E-state index in [1.54, 1.807) is 0 Å². The van der Waals surface area contributed by atoms with Crippen molar-refractivity contribution in [2.24, 2.45) is 0 Å². The van der Waals surface area contributed by atoms with Crippen LogP contribution in [-0.4, -0.2) is 11.6 Å². The Hall–Kier alpha value is -1.75. The fraction of sp³-hybridized carbons (Fsp3) is 0.250. The van der Waals surface area contributed by atoms with Crippen molar-refractivity contribution >= 4 is 16.5 Å². The van der Waals surface area contributed by atoms with Gasteiger partial charge in [-0.1, -0.05) is 6.07 Å². The zero-order valence-electron chi connectivity index (χ0n) is 9.55. The zero-order chi connectivity index (χ0) is 12.1. The molecule has 0 atom stereocenters. The van der Waals surface area contributed by atoms with E-state index in [0.29, 0.717) is 18.3 Å². The van der Waals surface area contributed by atoms with E-state index in [0.717, 1.165) is 17.2 Å². The number of aromatic nitrogens is 1. The number of hydrogen-bond acceptors (Lipinski definition) is 5. The Morgan fingerprint density at radius 3 is 2.71 bits per heavy atom. The van der Waals surface area contributed by atoms with Crippen LogP contribution in [0.2, 0.25) is 0 Å². The number of nitrogens with zero attached hydrogens (tertiary/aromatic N) is 1. The molecule has 0 spiro atoms. The highest BCUT2D eigenvalue weighted by Crippen LogP contribution is 2.21. The lowest BCUT2D eigenvalue weighted by molar-refractivity contribution is 0.296. The van der Waals surface area contributed by atoms with E-state index in [1.165, 1.54) is 11.3 Å². The van der Waals surface area contributed by atoms with E-state index >= 15 is 0 Å². The number of nitrogens with two attached hydrogens (primary N) is 1. The molecule has 2 aromatic rings. The monoisotopic (exact) mass is 250 g/mol. The summed E-state index contributed by atoms with van der Waals surface area (Å²) < 4.78 is 11.0. The Balaban J connectivity index is 1.96. The highest BCUT2D eigenvalue weighted by atomic mass is 32.1. The standard InChI is InChI=1S/C12H14N2O2S/c1-2-15-10-4-3-5-11(6-10)16-7-9-8-17-12(13)14-9/h3-6,8H,2,7H2,1H3,(H2,13,14). The fourth-order valence-corrected chi connectivity index (χ4v) is 1.91. The van der Waals surface area contributed by atoms with Crippen molar-refractivity contribution in [3.63, 3.8) is 0 Å². The van der Waals surface area contributed by atoms with Gasteiger partial charge in [-0.3, -0.25) is 0 Å². The van der Waals surface area contributed by atoms with Crippen LogP contribution in [0.5, 0.6) is 11.5 Å². The van der Waals surface area contributed by atoms with Gasteiger partial charge in [0.1, 0.15) is 18.1 Å². The highest BCUT2D eigenvalue weighted by Gasteiger charge is 2.01. The molecule has 1 aromatic carbocycles. The van der Waals surface area contributed by atoms with Gasteiger partial charge in [0.05, 0.1) is 12.3 Å². The minimum Gasteiger partial charge on any atom is -0.494 e. The van der Waals surface area contributed by atoms with E-state index in [2.05, 4.69) is 4.98 Å². The zero-order valence-corrected chi connectivity index (χ0v) is 10.4. The summed E-state index contributed by atoms with van der Waals surface area (Å²) in [5.41, 5.74) is 6.39. The van der Waals surface area contributed by atoms with Crippen molar-refractivity contribution in [1.29, 1.82) is 0 Å². The first-order valence-corrected chi connectivity index (χ1v) is 6.21. The summed E-state index contributed by atoms with van der Waals surface area (Å²) >= 11 is 1.41. The fourth-order valence-electron chi connectivity index (χ4n) is 1.37. The summed E-state index contributed by atoms with van der Waals surface area (Å²) in [5.74, 6) is 1.57. The number of benzene rings is 1. The second-order valence-corrected chi connectivity index (χ2v) is 4.26. The molecular weight excluding hydrogens is 236 g/mol. The average molecular weight is 250 g/mol. The van der Waals surface area contributed by atoms with Crippen molar-refractivity contribution < 1.29 is 9.47 Å². The molecule has 0 fully saturated rings. The summed E-state index contributed by atoms with van der Waals surface area (Å²) in [5, 5.41) is 2.45. The van der Waals surface area contributed by atoms with Gasteiger partial charge in [-0.25, -0.2) is 4.98 Å². The second kappa shape index (κ2) is 5.54. The van der Waals surface area contributed by atoms with Gasteiger partial charge >= 0.3 is 0 Å². The first-order chi connectivity index (χ1) is 8.28. The maximum absolute atomic E-state index is 5.60. The van der Waals surface area contributed by atoms with Crippen LogP contribution < -0.4 is 15.2 Å². The predicted molar refractivity (Wildman–Crippen MR) is 68.5 cm³/mol. The Bertz CT molecular complexity index is 485. The SMILES string of the molecule is CCOc1cccc(OCc2csc(N)n2)c1. The molecule has 1 aromatic heterocycles. The lowest BCUT2D eigenvalue weighted by atomic mass is 10.3. The molecule has 90 valence electrons. The molecule has 0 unspecified atom stereocenters. The molecule has 0 bridgehead atoms. The van der Waals surface area contributed by atoms with E-state index in [-0.39, 0.29) is 0 Å². The first kappa shape index (κ1) is 11.7. The van der Waals surface area contributed by atoms with E-state index < -0.39 is 0 Å². The topological polar surface area (TPSA) is 57.4 Å². The minimum atomic E-state index is 0.420. The Morgan fingerprint density at radius 2 is 2.06 bits per heavy atom. The molecule has 0 aliphatic rings. The highest BCUT2D eigenvalue weighted by molar-refractivity contribution is 7.13. The summed E-state index contributed by atoms with van der Waals surface area (Å²) in [6.45, 7) is 3.01. The van der Waals surface area contributed by atoms with Crippen LogP contribution in [0.15, 0.2) is 29.6 Å². The molecule has 2 N–H and O–H groups in total.